The molecule has 1 unspecified atom stereocenters. The Balaban J connectivity index is 2.04. The molecule has 1 aromatic heterocycles. The number of pyridine rings is 1. The molecule has 106 valence electrons. The van der Waals surface area contributed by atoms with Crippen LogP contribution in [0.4, 0.5) is 0 Å². The summed E-state index contributed by atoms with van der Waals surface area (Å²) in [7, 11) is 0. The van der Waals surface area contributed by atoms with Gasteiger partial charge in [-0.2, -0.15) is 0 Å². The van der Waals surface area contributed by atoms with Crippen molar-refractivity contribution < 1.29 is 4.74 Å². The van der Waals surface area contributed by atoms with Crippen molar-refractivity contribution in [3.63, 3.8) is 0 Å². The van der Waals surface area contributed by atoms with Crippen LogP contribution in [0.5, 0.6) is 11.6 Å². The van der Waals surface area contributed by atoms with Gasteiger partial charge in [-0.05, 0) is 49.1 Å². The van der Waals surface area contributed by atoms with Crippen LogP contribution in [0.1, 0.15) is 43.9 Å². The number of hydrogen-bond acceptors (Lipinski definition) is 3. The highest BCUT2D eigenvalue weighted by molar-refractivity contribution is 5.32. The smallest absolute Gasteiger partial charge is 0.219 e. The minimum absolute atomic E-state index is 0.0169. The Morgan fingerprint density at radius 1 is 1.20 bits per heavy atom. The quantitative estimate of drug-likeness (QED) is 0.854. The Hall–Kier alpha value is -1.87. The minimum Gasteiger partial charge on any atom is -0.439 e. The van der Waals surface area contributed by atoms with E-state index in [0.717, 1.165) is 17.7 Å². The van der Waals surface area contributed by atoms with E-state index in [9.17, 15) is 0 Å². The summed E-state index contributed by atoms with van der Waals surface area (Å²) in [6, 6.07) is 12.0. The van der Waals surface area contributed by atoms with Crippen molar-refractivity contribution in [3.05, 3.63) is 53.7 Å². The lowest BCUT2D eigenvalue weighted by Crippen LogP contribution is -2.05. The van der Waals surface area contributed by atoms with E-state index in [2.05, 4.69) is 24.0 Å². The first-order chi connectivity index (χ1) is 9.69. The standard InChI is InChI=1S/C17H22N2O/c1-3-4-5-14-6-8-16(9-7-14)20-17-12-15(13(2)18)10-11-19-17/h6-13H,3-5,18H2,1-2H3. The Morgan fingerprint density at radius 3 is 2.60 bits per heavy atom. The Bertz CT molecular complexity index is 535. The maximum atomic E-state index is 5.86. The van der Waals surface area contributed by atoms with Crippen LogP contribution in [0.2, 0.25) is 0 Å². The van der Waals surface area contributed by atoms with E-state index in [1.165, 1.54) is 18.4 Å². The lowest BCUT2D eigenvalue weighted by atomic mass is 10.1. The predicted octanol–water partition coefficient (Wildman–Crippen LogP) is 4.24. The first kappa shape index (κ1) is 14.5. The van der Waals surface area contributed by atoms with E-state index >= 15 is 0 Å². The molecule has 2 N–H and O–H groups in total. The Morgan fingerprint density at radius 2 is 1.95 bits per heavy atom. The summed E-state index contributed by atoms with van der Waals surface area (Å²) in [6.45, 7) is 4.15. The fourth-order valence-corrected chi connectivity index (χ4v) is 1.99. The van der Waals surface area contributed by atoms with Gasteiger partial charge in [-0.1, -0.05) is 25.5 Å². The van der Waals surface area contributed by atoms with E-state index in [1.54, 1.807) is 6.20 Å². The third kappa shape index (κ3) is 4.07. The van der Waals surface area contributed by atoms with Crippen LogP contribution >= 0.6 is 0 Å². The lowest BCUT2D eigenvalue weighted by Gasteiger charge is -2.09. The third-order valence-electron chi connectivity index (χ3n) is 3.25. The van der Waals surface area contributed by atoms with Gasteiger partial charge in [0.15, 0.2) is 0 Å². The molecule has 0 bridgehead atoms. The molecule has 0 aliphatic carbocycles. The summed E-state index contributed by atoms with van der Waals surface area (Å²) in [6.07, 6.45) is 5.28. The second kappa shape index (κ2) is 7.06. The average molecular weight is 270 g/mol. The van der Waals surface area contributed by atoms with Crippen molar-refractivity contribution in [1.82, 2.24) is 4.98 Å². The number of unbranched alkanes of at least 4 members (excludes halogenated alkanes) is 1. The molecule has 0 saturated carbocycles. The van der Waals surface area contributed by atoms with Gasteiger partial charge in [0.05, 0.1) is 0 Å². The molecule has 1 atom stereocenters. The fraction of sp³-hybridized carbons (Fsp3) is 0.353. The molecule has 1 aromatic carbocycles. The monoisotopic (exact) mass is 270 g/mol. The zero-order valence-corrected chi connectivity index (χ0v) is 12.2. The number of aryl methyl sites for hydroxylation is 1. The molecule has 0 aliphatic heterocycles. The summed E-state index contributed by atoms with van der Waals surface area (Å²) >= 11 is 0. The number of rotatable bonds is 6. The maximum absolute atomic E-state index is 5.86. The van der Waals surface area contributed by atoms with E-state index in [0.29, 0.717) is 5.88 Å². The zero-order valence-electron chi connectivity index (χ0n) is 12.2. The molecular formula is C17H22N2O. The molecule has 0 amide bonds. The molecule has 0 aliphatic rings. The van der Waals surface area contributed by atoms with Gasteiger partial charge in [-0.15, -0.1) is 0 Å². The van der Waals surface area contributed by atoms with E-state index in [-0.39, 0.29) is 6.04 Å². The summed E-state index contributed by atoms with van der Waals surface area (Å²) in [5.74, 6) is 1.39. The highest BCUT2D eigenvalue weighted by atomic mass is 16.5. The lowest BCUT2D eigenvalue weighted by molar-refractivity contribution is 0.461. The van der Waals surface area contributed by atoms with Crippen molar-refractivity contribution in [2.75, 3.05) is 0 Å². The van der Waals surface area contributed by atoms with E-state index < -0.39 is 0 Å². The number of ether oxygens (including phenoxy) is 1. The number of aromatic nitrogens is 1. The normalized spacial score (nSPS) is 12.2. The van der Waals surface area contributed by atoms with Crippen LogP contribution in [0.3, 0.4) is 0 Å². The topological polar surface area (TPSA) is 48.1 Å². The molecule has 2 rings (SSSR count). The molecular weight excluding hydrogens is 248 g/mol. The van der Waals surface area contributed by atoms with Gasteiger partial charge in [-0.25, -0.2) is 4.98 Å². The van der Waals surface area contributed by atoms with Gasteiger partial charge in [-0.3, -0.25) is 0 Å². The Kier molecular flexibility index (Phi) is 5.13. The number of nitrogens with zero attached hydrogens (tertiary/aromatic N) is 1. The van der Waals surface area contributed by atoms with Crippen LogP contribution < -0.4 is 10.5 Å². The largest absolute Gasteiger partial charge is 0.439 e. The highest BCUT2D eigenvalue weighted by Gasteiger charge is 2.03. The van der Waals surface area contributed by atoms with Gasteiger partial charge in [0.2, 0.25) is 5.88 Å². The summed E-state index contributed by atoms with van der Waals surface area (Å²) < 4.78 is 5.76. The minimum atomic E-state index is -0.0169. The van der Waals surface area contributed by atoms with E-state index in [1.807, 2.05) is 31.2 Å². The molecule has 0 saturated heterocycles. The second-order valence-electron chi connectivity index (χ2n) is 5.07. The zero-order chi connectivity index (χ0) is 14.4. The van der Waals surface area contributed by atoms with Crippen molar-refractivity contribution in [1.29, 1.82) is 0 Å². The van der Waals surface area contributed by atoms with Crippen molar-refractivity contribution >= 4 is 0 Å². The Labute approximate surface area is 120 Å². The van der Waals surface area contributed by atoms with Crippen molar-refractivity contribution in [2.24, 2.45) is 5.73 Å². The molecule has 1 heterocycles. The van der Waals surface area contributed by atoms with Gasteiger partial charge in [0, 0.05) is 18.3 Å². The molecule has 3 heteroatoms. The first-order valence-electron chi connectivity index (χ1n) is 7.17. The van der Waals surface area contributed by atoms with Crippen molar-refractivity contribution in [2.45, 2.75) is 39.2 Å². The molecule has 0 fully saturated rings. The average Bonchev–Trinajstić information content (AvgIpc) is 2.47. The van der Waals surface area contributed by atoms with Crippen molar-refractivity contribution in [3.8, 4) is 11.6 Å². The van der Waals surface area contributed by atoms with Gasteiger partial charge < -0.3 is 10.5 Å². The summed E-state index contributed by atoms with van der Waals surface area (Å²) in [5.41, 5.74) is 8.23. The van der Waals surface area contributed by atoms with Crippen LogP contribution in [0, 0.1) is 0 Å². The number of hydrogen-bond donors (Lipinski definition) is 1. The predicted molar refractivity (Wildman–Crippen MR) is 82.0 cm³/mol. The first-order valence-corrected chi connectivity index (χ1v) is 7.17. The summed E-state index contributed by atoms with van der Waals surface area (Å²) in [4.78, 5) is 4.21. The molecule has 20 heavy (non-hydrogen) atoms. The molecule has 0 radical (unpaired) electrons. The van der Waals surface area contributed by atoms with Crippen LogP contribution in [0.15, 0.2) is 42.6 Å². The highest BCUT2D eigenvalue weighted by Crippen LogP contribution is 2.22. The third-order valence-corrected chi connectivity index (χ3v) is 3.25. The SMILES string of the molecule is CCCCc1ccc(Oc2cc(C(C)N)ccn2)cc1. The maximum Gasteiger partial charge on any atom is 0.219 e. The van der Waals surface area contributed by atoms with Crippen LogP contribution in [-0.2, 0) is 6.42 Å². The molecule has 2 aromatic rings. The van der Waals surface area contributed by atoms with Gasteiger partial charge in [0.25, 0.3) is 0 Å². The van der Waals surface area contributed by atoms with Gasteiger partial charge >= 0.3 is 0 Å². The van der Waals surface area contributed by atoms with Gasteiger partial charge in [0.1, 0.15) is 5.75 Å². The number of nitrogens with two attached hydrogens (primary N) is 1. The molecule has 0 spiro atoms. The fourth-order valence-electron chi connectivity index (χ4n) is 1.99. The van der Waals surface area contributed by atoms with E-state index in [4.69, 9.17) is 10.5 Å². The van der Waals surface area contributed by atoms with Crippen LogP contribution in [0.25, 0.3) is 0 Å². The second-order valence-corrected chi connectivity index (χ2v) is 5.07. The summed E-state index contributed by atoms with van der Waals surface area (Å²) in [5, 5.41) is 0. The molecule has 3 nitrogen and oxygen atoms in total. The van der Waals surface area contributed by atoms with Crippen LogP contribution in [-0.4, -0.2) is 4.98 Å². The number of benzene rings is 1.